The van der Waals surface area contributed by atoms with Crippen molar-refractivity contribution in [3.8, 4) is 0 Å². The van der Waals surface area contributed by atoms with Crippen LogP contribution in [0.4, 0.5) is 10.5 Å². The number of benzene rings is 2. The average molecular weight is 354 g/mol. The number of carbonyl (C=O) groups excluding carboxylic acids is 1. The molecule has 0 heterocycles. The van der Waals surface area contributed by atoms with E-state index in [-0.39, 0.29) is 6.03 Å². The van der Waals surface area contributed by atoms with Crippen molar-refractivity contribution in [1.82, 2.24) is 4.90 Å². The quantitative estimate of drug-likeness (QED) is 0.847. The van der Waals surface area contributed by atoms with Crippen LogP contribution in [0.2, 0.25) is 5.02 Å². The predicted molar refractivity (Wildman–Crippen MR) is 86.1 cm³/mol. The Morgan fingerprint density at radius 1 is 1.25 bits per heavy atom. The highest BCUT2D eigenvalue weighted by Crippen LogP contribution is 2.15. The van der Waals surface area contributed by atoms with Crippen molar-refractivity contribution in [3.05, 3.63) is 63.6 Å². The number of nitrogens with zero attached hydrogens (tertiary/aromatic N) is 1. The van der Waals surface area contributed by atoms with Gasteiger partial charge in [-0.15, -0.1) is 0 Å². The van der Waals surface area contributed by atoms with E-state index >= 15 is 0 Å². The van der Waals surface area contributed by atoms with Gasteiger partial charge in [0.15, 0.2) is 0 Å². The zero-order valence-electron chi connectivity index (χ0n) is 10.9. The van der Waals surface area contributed by atoms with E-state index in [1.54, 1.807) is 11.9 Å². The van der Waals surface area contributed by atoms with Gasteiger partial charge in [-0.05, 0) is 42.0 Å². The van der Waals surface area contributed by atoms with E-state index in [4.69, 9.17) is 11.6 Å². The third kappa shape index (κ3) is 4.25. The zero-order valence-corrected chi connectivity index (χ0v) is 13.3. The lowest BCUT2D eigenvalue weighted by Crippen LogP contribution is -2.30. The average Bonchev–Trinajstić information content (AvgIpc) is 2.41. The van der Waals surface area contributed by atoms with Gasteiger partial charge in [0.2, 0.25) is 0 Å². The van der Waals surface area contributed by atoms with Crippen LogP contribution in [0, 0.1) is 0 Å². The summed E-state index contributed by atoms with van der Waals surface area (Å²) in [4.78, 5) is 13.7. The van der Waals surface area contributed by atoms with Crippen molar-refractivity contribution < 1.29 is 4.79 Å². The van der Waals surface area contributed by atoms with Crippen LogP contribution < -0.4 is 5.32 Å². The molecule has 0 aliphatic carbocycles. The fraction of sp³-hybridized carbons (Fsp3) is 0.133. The molecule has 1 N–H and O–H groups in total. The molecule has 5 heteroatoms. The number of halogens is 2. The van der Waals surface area contributed by atoms with E-state index in [1.165, 1.54) is 0 Å². The number of amides is 2. The summed E-state index contributed by atoms with van der Waals surface area (Å²) >= 11 is 9.28. The molecule has 0 saturated heterocycles. The monoisotopic (exact) mass is 352 g/mol. The molecule has 0 radical (unpaired) electrons. The first-order valence-corrected chi connectivity index (χ1v) is 7.24. The molecule has 0 fully saturated rings. The second-order valence-corrected chi connectivity index (χ2v) is 5.78. The summed E-state index contributed by atoms with van der Waals surface area (Å²) in [6.07, 6.45) is 0. The molecule has 2 rings (SSSR count). The molecule has 3 nitrogen and oxygen atoms in total. The standard InChI is InChI=1S/C15H14BrClN2O/c1-19(10-11-3-2-4-13(17)9-11)15(20)18-14-7-5-12(16)6-8-14/h2-9H,10H2,1H3,(H,18,20). The number of anilines is 1. The third-order valence-electron chi connectivity index (χ3n) is 2.75. The molecule has 2 aromatic carbocycles. The summed E-state index contributed by atoms with van der Waals surface area (Å²) in [5, 5.41) is 3.51. The Morgan fingerprint density at radius 2 is 1.95 bits per heavy atom. The van der Waals surface area contributed by atoms with E-state index in [0.29, 0.717) is 11.6 Å². The Bertz CT molecular complexity index is 601. The molecule has 0 aromatic heterocycles. The van der Waals surface area contributed by atoms with Crippen molar-refractivity contribution in [3.63, 3.8) is 0 Å². The molecule has 0 unspecified atom stereocenters. The lowest BCUT2D eigenvalue weighted by Gasteiger charge is -2.18. The second kappa shape index (κ2) is 6.77. The summed E-state index contributed by atoms with van der Waals surface area (Å²) < 4.78 is 0.975. The summed E-state index contributed by atoms with van der Waals surface area (Å²) in [5.41, 5.74) is 1.75. The Morgan fingerprint density at radius 3 is 2.60 bits per heavy atom. The minimum Gasteiger partial charge on any atom is -0.323 e. The predicted octanol–water partition coefficient (Wildman–Crippen LogP) is 4.77. The van der Waals surface area contributed by atoms with E-state index in [2.05, 4.69) is 21.2 Å². The third-order valence-corrected chi connectivity index (χ3v) is 3.51. The van der Waals surface area contributed by atoms with E-state index < -0.39 is 0 Å². The number of nitrogens with one attached hydrogen (secondary N) is 1. The van der Waals surface area contributed by atoms with Crippen LogP contribution >= 0.6 is 27.5 Å². The van der Waals surface area contributed by atoms with Crippen LogP contribution in [-0.2, 0) is 6.54 Å². The second-order valence-electron chi connectivity index (χ2n) is 4.42. The number of hydrogen-bond donors (Lipinski definition) is 1. The lowest BCUT2D eigenvalue weighted by atomic mass is 10.2. The largest absolute Gasteiger partial charge is 0.323 e. The van der Waals surface area contributed by atoms with Crippen molar-refractivity contribution in [2.24, 2.45) is 0 Å². The first-order chi connectivity index (χ1) is 9.54. The molecule has 0 aliphatic rings. The highest BCUT2D eigenvalue weighted by Gasteiger charge is 2.09. The number of hydrogen-bond acceptors (Lipinski definition) is 1. The smallest absolute Gasteiger partial charge is 0.321 e. The van der Waals surface area contributed by atoms with Crippen LogP contribution in [0.3, 0.4) is 0 Å². The minimum absolute atomic E-state index is 0.160. The molecule has 0 saturated carbocycles. The molecule has 0 spiro atoms. The van der Waals surface area contributed by atoms with Gasteiger partial charge in [-0.3, -0.25) is 0 Å². The topological polar surface area (TPSA) is 32.3 Å². The highest BCUT2D eigenvalue weighted by atomic mass is 79.9. The van der Waals surface area contributed by atoms with Gasteiger partial charge in [0, 0.05) is 28.8 Å². The van der Waals surface area contributed by atoms with Gasteiger partial charge in [-0.25, -0.2) is 4.79 Å². The van der Waals surface area contributed by atoms with Gasteiger partial charge in [-0.1, -0.05) is 39.7 Å². The van der Waals surface area contributed by atoms with Crippen LogP contribution in [0.15, 0.2) is 53.0 Å². The minimum atomic E-state index is -0.160. The molecule has 104 valence electrons. The van der Waals surface area contributed by atoms with E-state index in [1.807, 2.05) is 48.5 Å². The summed E-state index contributed by atoms with van der Waals surface area (Å²) in [6.45, 7) is 0.503. The van der Waals surface area contributed by atoms with Crippen molar-refractivity contribution in [2.45, 2.75) is 6.54 Å². The zero-order chi connectivity index (χ0) is 14.5. The first-order valence-electron chi connectivity index (χ1n) is 6.07. The van der Waals surface area contributed by atoms with Crippen molar-refractivity contribution in [1.29, 1.82) is 0 Å². The van der Waals surface area contributed by atoms with Crippen LogP contribution in [0.5, 0.6) is 0 Å². The van der Waals surface area contributed by atoms with Gasteiger partial charge in [0.05, 0.1) is 0 Å². The van der Waals surface area contributed by atoms with E-state index in [0.717, 1.165) is 15.7 Å². The van der Waals surface area contributed by atoms with Gasteiger partial charge < -0.3 is 10.2 Å². The molecule has 0 aliphatic heterocycles. The molecular weight excluding hydrogens is 340 g/mol. The maximum absolute atomic E-state index is 12.1. The van der Waals surface area contributed by atoms with Gasteiger partial charge in [0.25, 0.3) is 0 Å². The molecule has 0 atom stereocenters. The molecule has 2 aromatic rings. The molecule has 20 heavy (non-hydrogen) atoms. The Kier molecular flexibility index (Phi) is 5.04. The number of urea groups is 1. The Balaban J connectivity index is 1.96. The van der Waals surface area contributed by atoms with Gasteiger partial charge in [0.1, 0.15) is 0 Å². The fourth-order valence-electron chi connectivity index (χ4n) is 1.73. The summed E-state index contributed by atoms with van der Waals surface area (Å²) in [6, 6.07) is 14.8. The van der Waals surface area contributed by atoms with E-state index in [9.17, 15) is 4.79 Å². The van der Waals surface area contributed by atoms with Crippen LogP contribution in [0.1, 0.15) is 5.56 Å². The number of carbonyl (C=O) groups is 1. The Hall–Kier alpha value is -1.52. The normalized spacial score (nSPS) is 10.2. The van der Waals surface area contributed by atoms with Crippen molar-refractivity contribution >= 4 is 39.2 Å². The molecule has 0 bridgehead atoms. The summed E-state index contributed by atoms with van der Waals surface area (Å²) in [7, 11) is 1.75. The summed E-state index contributed by atoms with van der Waals surface area (Å²) in [5.74, 6) is 0. The number of rotatable bonds is 3. The Labute approximate surface area is 131 Å². The fourth-order valence-corrected chi connectivity index (χ4v) is 2.21. The molecular formula is C15H14BrClN2O. The van der Waals surface area contributed by atoms with Crippen LogP contribution in [0.25, 0.3) is 0 Å². The molecule has 2 amide bonds. The maximum atomic E-state index is 12.1. The van der Waals surface area contributed by atoms with Crippen LogP contribution in [-0.4, -0.2) is 18.0 Å². The maximum Gasteiger partial charge on any atom is 0.321 e. The van der Waals surface area contributed by atoms with Gasteiger partial charge in [-0.2, -0.15) is 0 Å². The van der Waals surface area contributed by atoms with Crippen molar-refractivity contribution in [2.75, 3.05) is 12.4 Å². The first kappa shape index (κ1) is 14.9. The highest BCUT2D eigenvalue weighted by molar-refractivity contribution is 9.10. The SMILES string of the molecule is CN(Cc1cccc(Cl)c1)C(=O)Nc1ccc(Br)cc1. The lowest BCUT2D eigenvalue weighted by molar-refractivity contribution is 0.220. The van der Waals surface area contributed by atoms with Gasteiger partial charge >= 0.3 is 6.03 Å².